The molecule has 6 nitrogen and oxygen atoms in total. The third-order valence-corrected chi connectivity index (χ3v) is 6.18. The lowest BCUT2D eigenvalue weighted by atomic mass is 10.0. The topological polar surface area (TPSA) is 54.0 Å². The molecule has 1 saturated heterocycles. The summed E-state index contributed by atoms with van der Waals surface area (Å²) >= 11 is 0. The van der Waals surface area contributed by atoms with Gasteiger partial charge in [0.1, 0.15) is 11.9 Å². The molecule has 0 aromatic heterocycles. The van der Waals surface area contributed by atoms with E-state index in [9.17, 15) is 4.79 Å². The summed E-state index contributed by atoms with van der Waals surface area (Å²) in [6, 6.07) is 18.3. The number of hydrogen-bond acceptors (Lipinski definition) is 5. The van der Waals surface area contributed by atoms with Gasteiger partial charge in [-0.3, -0.25) is 14.6 Å². The van der Waals surface area contributed by atoms with Crippen LogP contribution in [0.2, 0.25) is 0 Å². The van der Waals surface area contributed by atoms with Gasteiger partial charge in [-0.05, 0) is 25.5 Å². The lowest BCUT2D eigenvalue weighted by Crippen LogP contribution is -2.56. The van der Waals surface area contributed by atoms with E-state index in [-0.39, 0.29) is 17.6 Å². The van der Waals surface area contributed by atoms with Gasteiger partial charge < -0.3 is 14.8 Å². The van der Waals surface area contributed by atoms with Crippen molar-refractivity contribution in [2.24, 2.45) is 0 Å². The molecule has 0 spiro atoms. The summed E-state index contributed by atoms with van der Waals surface area (Å²) in [4.78, 5) is 17.4. The largest absolute Gasteiger partial charge is 0.484 e. The van der Waals surface area contributed by atoms with Crippen LogP contribution in [0.15, 0.2) is 54.6 Å². The smallest absolute Gasteiger partial charge is 0.234 e. The highest BCUT2D eigenvalue weighted by Gasteiger charge is 2.30. The molecule has 0 radical (unpaired) electrons. The molecule has 166 valence electrons. The molecule has 4 rings (SSSR count). The summed E-state index contributed by atoms with van der Waals surface area (Å²) in [7, 11) is 0. The minimum Gasteiger partial charge on any atom is -0.484 e. The zero-order valence-electron chi connectivity index (χ0n) is 18.5. The van der Waals surface area contributed by atoms with Crippen molar-refractivity contribution in [2.75, 3.05) is 45.9 Å². The van der Waals surface area contributed by atoms with E-state index < -0.39 is 0 Å². The number of carbonyl (C=O) groups excluding carboxylic acids is 1. The lowest BCUT2D eigenvalue weighted by molar-refractivity contribution is -0.123. The van der Waals surface area contributed by atoms with Crippen molar-refractivity contribution in [3.63, 3.8) is 0 Å². The Morgan fingerprint density at radius 3 is 2.55 bits per heavy atom. The minimum absolute atomic E-state index is 0.0486. The molecule has 0 bridgehead atoms. The second-order valence-corrected chi connectivity index (χ2v) is 8.98. The van der Waals surface area contributed by atoms with Gasteiger partial charge in [-0.1, -0.05) is 48.5 Å². The number of para-hydroxylation sites is 1. The third-order valence-electron chi connectivity index (χ3n) is 6.18. The molecule has 0 unspecified atom stereocenters. The first-order valence-electron chi connectivity index (χ1n) is 11.1. The fraction of sp³-hybridized carbons (Fsp3) is 0.480. The van der Waals surface area contributed by atoms with Gasteiger partial charge in [0.2, 0.25) is 5.91 Å². The maximum absolute atomic E-state index is 12.9. The Labute approximate surface area is 185 Å². The average Bonchev–Trinajstić information content (AvgIpc) is 2.98. The number of carbonyl (C=O) groups is 1. The van der Waals surface area contributed by atoms with E-state index in [1.807, 2.05) is 36.4 Å². The van der Waals surface area contributed by atoms with Crippen LogP contribution in [-0.2, 0) is 16.1 Å². The average molecular weight is 424 g/mol. The third kappa shape index (κ3) is 5.64. The van der Waals surface area contributed by atoms with Gasteiger partial charge in [0.05, 0.1) is 19.8 Å². The number of nitrogens with one attached hydrogen (secondary N) is 1. The number of ether oxygens (including phenoxy) is 2. The van der Waals surface area contributed by atoms with E-state index in [2.05, 4.69) is 47.2 Å². The monoisotopic (exact) mass is 423 g/mol. The fourth-order valence-corrected chi connectivity index (χ4v) is 4.30. The van der Waals surface area contributed by atoms with Crippen LogP contribution in [0.3, 0.4) is 0 Å². The highest BCUT2D eigenvalue weighted by atomic mass is 16.5. The van der Waals surface area contributed by atoms with Crippen molar-refractivity contribution in [3.05, 3.63) is 65.7 Å². The van der Waals surface area contributed by atoms with Crippen LogP contribution in [0.4, 0.5) is 0 Å². The summed E-state index contributed by atoms with van der Waals surface area (Å²) in [5.74, 6) is 0.945. The van der Waals surface area contributed by atoms with E-state index in [1.54, 1.807) is 0 Å². The molecule has 2 aromatic carbocycles. The molecule has 31 heavy (non-hydrogen) atoms. The van der Waals surface area contributed by atoms with Crippen LogP contribution in [-0.4, -0.2) is 67.2 Å². The van der Waals surface area contributed by atoms with Gasteiger partial charge >= 0.3 is 0 Å². The van der Waals surface area contributed by atoms with E-state index in [0.717, 1.165) is 43.2 Å². The molecular formula is C25H33N3O3. The molecule has 0 aliphatic carbocycles. The normalized spacial score (nSPS) is 20.4. The molecule has 6 heteroatoms. The fourth-order valence-electron chi connectivity index (χ4n) is 4.30. The number of nitrogens with zero attached hydrogens (tertiary/aromatic N) is 2. The number of fused-ring (bicyclic) bond motifs is 1. The van der Waals surface area contributed by atoms with E-state index >= 15 is 0 Å². The molecule has 1 fully saturated rings. The summed E-state index contributed by atoms with van der Waals surface area (Å²) < 4.78 is 11.8. The van der Waals surface area contributed by atoms with E-state index in [1.165, 1.54) is 0 Å². The van der Waals surface area contributed by atoms with Gasteiger partial charge in [0.25, 0.3) is 0 Å². The number of hydrogen-bond donors (Lipinski definition) is 1. The highest BCUT2D eigenvalue weighted by Crippen LogP contribution is 2.30. The maximum Gasteiger partial charge on any atom is 0.234 e. The van der Waals surface area contributed by atoms with Gasteiger partial charge in [-0.2, -0.15) is 0 Å². The standard InChI is InChI=1S/C25H33N3O3/c1-25(2,28-12-14-30-15-13-28)19-26-24(29)18-27-16-21-10-6-7-11-22(21)31-23(17-27)20-8-4-3-5-9-20/h3-11,23H,12-19H2,1-2H3,(H,26,29)/t23-/m1/s1. The number of rotatable bonds is 6. The molecule has 0 saturated carbocycles. The predicted molar refractivity (Wildman–Crippen MR) is 121 cm³/mol. The van der Waals surface area contributed by atoms with Gasteiger partial charge in [-0.15, -0.1) is 0 Å². The van der Waals surface area contributed by atoms with Crippen LogP contribution >= 0.6 is 0 Å². The van der Waals surface area contributed by atoms with Crippen LogP contribution in [0, 0.1) is 0 Å². The van der Waals surface area contributed by atoms with Crippen LogP contribution in [0.25, 0.3) is 0 Å². The van der Waals surface area contributed by atoms with Crippen LogP contribution in [0.1, 0.15) is 31.1 Å². The van der Waals surface area contributed by atoms with Crippen LogP contribution in [0.5, 0.6) is 5.75 Å². The van der Waals surface area contributed by atoms with Crippen LogP contribution < -0.4 is 10.1 Å². The van der Waals surface area contributed by atoms with E-state index in [4.69, 9.17) is 9.47 Å². The van der Waals surface area contributed by atoms with Crippen molar-refractivity contribution in [1.82, 2.24) is 15.1 Å². The van der Waals surface area contributed by atoms with Crippen molar-refractivity contribution < 1.29 is 14.3 Å². The lowest BCUT2D eigenvalue weighted by Gasteiger charge is -2.41. The Bertz CT molecular complexity index is 865. The summed E-state index contributed by atoms with van der Waals surface area (Å²) in [5, 5.41) is 3.16. The summed E-state index contributed by atoms with van der Waals surface area (Å²) in [5.41, 5.74) is 2.14. The first-order chi connectivity index (χ1) is 15.0. The Morgan fingerprint density at radius 1 is 1.06 bits per heavy atom. The molecule has 2 aliphatic rings. The second-order valence-electron chi connectivity index (χ2n) is 8.98. The summed E-state index contributed by atoms with van der Waals surface area (Å²) in [6.45, 7) is 10.0. The zero-order chi connectivity index (χ0) is 21.7. The van der Waals surface area contributed by atoms with Crippen molar-refractivity contribution >= 4 is 5.91 Å². The first-order valence-corrected chi connectivity index (χ1v) is 11.1. The molecule has 1 atom stereocenters. The molecule has 1 N–H and O–H groups in total. The van der Waals surface area contributed by atoms with Crippen molar-refractivity contribution in [2.45, 2.75) is 32.0 Å². The molecule has 2 heterocycles. The molecular weight excluding hydrogens is 390 g/mol. The number of amides is 1. The zero-order valence-corrected chi connectivity index (χ0v) is 18.5. The number of morpholine rings is 1. The maximum atomic E-state index is 12.9. The predicted octanol–water partition coefficient (Wildman–Crippen LogP) is 2.85. The molecule has 2 aromatic rings. The Balaban J connectivity index is 1.41. The van der Waals surface area contributed by atoms with Gasteiger partial charge in [-0.25, -0.2) is 0 Å². The van der Waals surface area contributed by atoms with Gasteiger partial charge in [0, 0.05) is 43.8 Å². The van der Waals surface area contributed by atoms with Gasteiger partial charge in [0.15, 0.2) is 0 Å². The quantitative estimate of drug-likeness (QED) is 0.774. The molecule has 2 aliphatic heterocycles. The summed E-state index contributed by atoms with van der Waals surface area (Å²) in [6.07, 6.45) is -0.109. The first kappa shape index (κ1) is 21.8. The number of benzene rings is 2. The van der Waals surface area contributed by atoms with Crippen molar-refractivity contribution in [3.8, 4) is 5.75 Å². The highest BCUT2D eigenvalue weighted by molar-refractivity contribution is 5.78. The Hall–Kier alpha value is -2.41. The Morgan fingerprint density at radius 2 is 1.77 bits per heavy atom. The second kappa shape index (κ2) is 9.81. The minimum atomic E-state index is -0.109. The SMILES string of the molecule is CC(C)(CNC(=O)CN1Cc2ccccc2O[C@@H](c2ccccc2)C1)N1CCOCC1. The van der Waals surface area contributed by atoms with E-state index in [0.29, 0.717) is 26.2 Å². The molecule has 1 amide bonds. The Kier molecular flexibility index (Phi) is 6.90. The van der Waals surface area contributed by atoms with Crippen molar-refractivity contribution in [1.29, 1.82) is 0 Å².